The maximum Gasteiger partial charge on any atom is 0.242 e. The number of amides is 2. The predicted octanol–water partition coefficient (Wildman–Crippen LogP) is 3.35. The highest BCUT2D eigenvalue weighted by Gasteiger charge is 2.28. The monoisotopic (exact) mass is 473 g/mol. The van der Waals surface area contributed by atoms with E-state index in [4.69, 9.17) is 0 Å². The van der Waals surface area contributed by atoms with Crippen LogP contribution in [0.25, 0.3) is 0 Å². The maximum absolute atomic E-state index is 13.2. The van der Waals surface area contributed by atoms with Gasteiger partial charge < -0.3 is 10.2 Å². The zero-order valence-corrected chi connectivity index (χ0v) is 20.8. The standard InChI is InChI=1S/C25H35N3O4S/c1-5-20-14-16-22(17-15-20)28(33(4,31)32)18-10-13-24(29)27(23(6-2)25(30)26-3)19-21-11-8-7-9-12-21/h7-9,11-12,14-17,23H,5-6,10,13,18-19H2,1-4H3,(H,26,30)/t23-/m0/s1. The lowest BCUT2D eigenvalue weighted by Gasteiger charge is -2.30. The molecule has 0 fully saturated rings. The molecule has 180 valence electrons. The molecule has 7 nitrogen and oxygen atoms in total. The Labute approximate surface area is 197 Å². The van der Waals surface area contributed by atoms with Gasteiger partial charge in [-0.1, -0.05) is 56.3 Å². The lowest BCUT2D eigenvalue weighted by molar-refractivity contribution is -0.141. The van der Waals surface area contributed by atoms with Crippen molar-refractivity contribution in [1.82, 2.24) is 10.2 Å². The smallest absolute Gasteiger partial charge is 0.242 e. The van der Waals surface area contributed by atoms with E-state index in [0.29, 0.717) is 25.1 Å². The molecule has 1 atom stereocenters. The Bertz CT molecular complexity index is 1010. The molecule has 2 aromatic rings. The van der Waals surface area contributed by atoms with Crippen LogP contribution in [0.5, 0.6) is 0 Å². The van der Waals surface area contributed by atoms with Crippen molar-refractivity contribution in [2.45, 2.75) is 52.1 Å². The van der Waals surface area contributed by atoms with Gasteiger partial charge in [0, 0.05) is 26.6 Å². The average Bonchev–Trinajstić information content (AvgIpc) is 2.81. The van der Waals surface area contributed by atoms with E-state index in [2.05, 4.69) is 5.32 Å². The molecular formula is C25H35N3O4S. The molecule has 8 heteroatoms. The number of nitrogens with one attached hydrogen (secondary N) is 1. The van der Waals surface area contributed by atoms with Gasteiger partial charge >= 0.3 is 0 Å². The van der Waals surface area contributed by atoms with E-state index in [1.54, 1.807) is 24.1 Å². The van der Waals surface area contributed by atoms with Gasteiger partial charge in [0.1, 0.15) is 6.04 Å². The number of sulfonamides is 1. The first-order valence-corrected chi connectivity index (χ1v) is 13.2. The summed E-state index contributed by atoms with van der Waals surface area (Å²) in [6.45, 7) is 4.42. The number of benzene rings is 2. The van der Waals surface area contributed by atoms with Crippen LogP contribution >= 0.6 is 0 Å². The summed E-state index contributed by atoms with van der Waals surface area (Å²) in [6, 6.07) is 16.4. The van der Waals surface area contributed by atoms with Gasteiger partial charge in [-0.15, -0.1) is 0 Å². The maximum atomic E-state index is 13.2. The molecule has 0 saturated heterocycles. The summed E-state index contributed by atoms with van der Waals surface area (Å²) in [7, 11) is -1.94. The Kier molecular flexibility index (Phi) is 9.91. The number of hydrogen-bond acceptors (Lipinski definition) is 4. The van der Waals surface area contributed by atoms with Crippen LogP contribution < -0.4 is 9.62 Å². The summed E-state index contributed by atoms with van der Waals surface area (Å²) >= 11 is 0. The zero-order chi connectivity index (χ0) is 24.4. The number of carbonyl (C=O) groups excluding carboxylic acids is 2. The zero-order valence-electron chi connectivity index (χ0n) is 20.0. The summed E-state index contributed by atoms with van der Waals surface area (Å²) in [5, 5.41) is 2.64. The SMILES string of the molecule is CCc1ccc(N(CCCC(=O)N(Cc2ccccc2)[C@@H](CC)C(=O)NC)S(C)(=O)=O)cc1. The Morgan fingerprint density at radius 1 is 0.970 bits per heavy atom. The van der Waals surface area contributed by atoms with E-state index < -0.39 is 16.1 Å². The van der Waals surface area contributed by atoms with Crippen LogP contribution in [0.4, 0.5) is 5.69 Å². The Morgan fingerprint density at radius 2 is 1.61 bits per heavy atom. The molecule has 0 saturated carbocycles. The van der Waals surface area contributed by atoms with E-state index in [1.807, 2.05) is 56.3 Å². The molecule has 0 aromatic heterocycles. The molecule has 2 rings (SSSR count). The largest absolute Gasteiger partial charge is 0.357 e. The van der Waals surface area contributed by atoms with Crippen molar-refractivity contribution in [3.8, 4) is 0 Å². The Hall–Kier alpha value is -2.87. The minimum absolute atomic E-state index is 0.138. The fraction of sp³-hybridized carbons (Fsp3) is 0.440. The van der Waals surface area contributed by atoms with Crippen molar-refractivity contribution < 1.29 is 18.0 Å². The van der Waals surface area contributed by atoms with Crippen molar-refractivity contribution in [1.29, 1.82) is 0 Å². The lowest BCUT2D eigenvalue weighted by atomic mass is 10.1. The second kappa shape index (κ2) is 12.4. The second-order valence-corrected chi connectivity index (χ2v) is 9.91. The van der Waals surface area contributed by atoms with Crippen LogP contribution in [0, 0.1) is 0 Å². The molecule has 2 aromatic carbocycles. The minimum Gasteiger partial charge on any atom is -0.357 e. The van der Waals surface area contributed by atoms with Gasteiger partial charge in [-0.25, -0.2) is 8.42 Å². The van der Waals surface area contributed by atoms with Crippen LogP contribution in [0.2, 0.25) is 0 Å². The average molecular weight is 474 g/mol. The first kappa shape index (κ1) is 26.4. The molecule has 0 radical (unpaired) electrons. The summed E-state index contributed by atoms with van der Waals surface area (Å²) in [4.78, 5) is 27.2. The summed E-state index contributed by atoms with van der Waals surface area (Å²) in [6.07, 6.45) is 3.01. The molecule has 0 heterocycles. The molecular weight excluding hydrogens is 438 g/mol. The summed E-state index contributed by atoms with van der Waals surface area (Å²) in [5.74, 6) is -0.389. The molecule has 0 aliphatic carbocycles. The third kappa shape index (κ3) is 7.60. The fourth-order valence-electron chi connectivity index (χ4n) is 3.77. The number of nitrogens with zero attached hydrogens (tertiary/aromatic N) is 2. The summed E-state index contributed by atoms with van der Waals surface area (Å²) < 4.78 is 26.1. The van der Waals surface area contributed by atoms with Gasteiger partial charge in [0.05, 0.1) is 11.9 Å². The Morgan fingerprint density at radius 3 is 2.12 bits per heavy atom. The summed E-state index contributed by atoms with van der Waals surface area (Å²) in [5.41, 5.74) is 2.64. The highest BCUT2D eigenvalue weighted by molar-refractivity contribution is 7.92. The van der Waals surface area contributed by atoms with Crippen molar-refractivity contribution in [2.24, 2.45) is 0 Å². The molecule has 0 unspecified atom stereocenters. The molecule has 0 bridgehead atoms. The van der Waals surface area contributed by atoms with Gasteiger partial charge in [-0.05, 0) is 42.5 Å². The van der Waals surface area contributed by atoms with E-state index in [-0.39, 0.29) is 24.8 Å². The Balaban J connectivity index is 2.15. The number of aryl methyl sites for hydroxylation is 1. The van der Waals surface area contributed by atoms with Crippen molar-refractivity contribution in [3.63, 3.8) is 0 Å². The normalized spacial score (nSPS) is 12.1. The van der Waals surface area contributed by atoms with Crippen molar-refractivity contribution in [3.05, 3.63) is 65.7 Å². The van der Waals surface area contributed by atoms with Crippen LogP contribution in [0.15, 0.2) is 54.6 Å². The fourth-order valence-corrected chi connectivity index (χ4v) is 4.73. The third-order valence-corrected chi connectivity index (χ3v) is 6.81. The van der Waals surface area contributed by atoms with E-state index in [1.165, 1.54) is 10.6 Å². The van der Waals surface area contributed by atoms with Gasteiger partial charge in [-0.2, -0.15) is 0 Å². The van der Waals surface area contributed by atoms with Gasteiger partial charge in [-0.3, -0.25) is 13.9 Å². The molecule has 0 aliphatic rings. The highest BCUT2D eigenvalue weighted by atomic mass is 32.2. The topological polar surface area (TPSA) is 86.8 Å². The van der Waals surface area contributed by atoms with E-state index in [0.717, 1.165) is 17.5 Å². The van der Waals surface area contributed by atoms with E-state index in [9.17, 15) is 18.0 Å². The van der Waals surface area contributed by atoms with Crippen LogP contribution in [0.1, 0.15) is 44.2 Å². The lowest BCUT2D eigenvalue weighted by Crippen LogP contribution is -2.48. The quantitative estimate of drug-likeness (QED) is 0.512. The van der Waals surface area contributed by atoms with E-state index >= 15 is 0 Å². The van der Waals surface area contributed by atoms with Crippen molar-refractivity contribution >= 4 is 27.5 Å². The highest BCUT2D eigenvalue weighted by Crippen LogP contribution is 2.20. The minimum atomic E-state index is -3.50. The number of likely N-dealkylation sites (N-methyl/N-ethyl adjacent to an activating group) is 1. The van der Waals surface area contributed by atoms with Crippen LogP contribution in [-0.2, 0) is 32.6 Å². The van der Waals surface area contributed by atoms with Crippen LogP contribution in [-0.4, -0.2) is 51.0 Å². The molecule has 33 heavy (non-hydrogen) atoms. The van der Waals surface area contributed by atoms with Crippen LogP contribution in [0.3, 0.4) is 0 Å². The first-order valence-electron chi connectivity index (χ1n) is 11.3. The number of anilines is 1. The van der Waals surface area contributed by atoms with Gasteiger partial charge in [0.25, 0.3) is 0 Å². The molecule has 2 amide bonds. The molecule has 0 aliphatic heterocycles. The predicted molar refractivity (Wildman–Crippen MR) is 132 cm³/mol. The number of hydrogen-bond donors (Lipinski definition) is 1. The molecule has 1 N–H and O–H groups in total. The first-order chi connectivity index (χ1) is 15.7. The van der Waals surface area contributed by atoms with Gasteiger partial charge in [0.15, 0.2) is 0 Å². The number of carbonyl (C=O) groups is 2. The van der Waals surface area contributed by atoms with Crippen molar-refractivity contribution in [2.75, 3.05) is 24.2 Å². The van der Waals surface area contributed by atoms with Gasteiger partial charge in [0.2, 0.25) is 21.8 Å². The number of rotatable bonds is 12. The second-order valence-electron chi connectivity index (χ2n) is 8.00. The molecule has 0 spiro atoms. The third-order valence-electron chi connectivity index (χ3n) is 5.61.